The van der Waals surface area contributed by atoms with Crippen molar-refractivity contribution < 1.29 is 23.1 Å². The van der Waals surface area contributed by atoms with Crippen LogP contribution in [0.25, 0.3) is 0 Å². The van der Waals surface area contributed by atoms with E-state index in [-0.39, 0.29) is 24.1 Å². The zero-order chi connectivity index (χ0) is 22.1. The summed E-state index contributed by atoms with van der Waals surface area (Å²) in [7, 11) is -0.136. The molecule has 29 heavy (non-hydrogen) atoms. The molecule has 0 aromatic carbocycles. The van der Waals surface area contributed by atoms with Crippen LogP contribution in [0.4, 0.5) is 0 Å². The van der Waals surface area contributed by atoms with Crippen molar-refractivity contribution in [1.29, 1.82) is 0 Å². The van der Waals surface area contributed by atoms with Crippen LogP contribution in [0.5, 0.6) is 0 Å². The van der Waals surface area contributed by atoms with Gasteiger partial charge in [0.1, 0.15) is 0 Å². The number of carbonyl (C=O) groups excluding carboxylic acids is 1. The first-order valence-electron chi connectivity index (χ1n) is 11.4. The molecule has 1 aliphatic carbocycles. The summed E-state index contributed by atoms with van der Waals surface area (Å²) in [6, 6.07) is 0. The van der Waals surface area contributed by atoms with Crippen LogP contribution in [0.2, 0.25) is 39.3 Å². The van der Waals surface area contributed by atoms with E-state index in [1.54, 1.807) is 7.11 Å². The third kappa shape index (κ3) is 11.1. The minimum atomic E-state index is -1.71. The van der Waals surface area contributed by atoms with E-state index in [0.717, 1.165) is 25.9 Å². The van der Waals surface area contributed by atoms with Crippen molar-refractivity contribution in [2.24, 2.45) is 11.8 Å². The van der Waals surface area contributed by atoms with Gasteiger partial charge in [-0.15, -0.1) is 0 Å². The van der Waals surface area contributed by atoms with Crippen LogP contribution < -0.4 is 0 Å². The number of hydrogen-bond donors (Lipinski definition) is 0. The summed E-state index contributed by atoms with van der Waals surface area (Å²) >= 11 is 0. The number of carbonyl (C=O) groups is 1. The second-order valence-corrected chi connectivity index (χ2v) is 19.4. The molecule has 0 bridgehead atoms. The van der Waals surface area contributed by atoms with Gasteiger partial charge >= 0.3 is 5.97 Å². The van der Waals surface area contributed by atoms with Gasteiger partial charge < -0.3 is 18.3 Å². The Hall–Kier alpha value is -0.216. The van der Waals surface area contributed by atoms with Crippen molar-refractivity contribution in [3.05, 3.63) is 0 Å². The van der Waals surface area contributed by atoms with Gasteiger partial charge in [-0.3, -0.25) is 4.79 Å². The van der Waals surface area contributed by atoms with Crippen molar-refractivity contribution >= 4 is 22.6 Å². The molecular weight excluding hydrogens is 400 g/mol. The van der Waals surface area contributed by atoms with Crippen LogP contribution in [0.1, 0.15) is 51.4 Å². The molecule has 4 atom stereocenters. The van der Waals surface area contributed by atoms with Crippen molar-refractivity contribution in [2.75, 3.05) is 20.8 Å². The van der Waals surface area contributed by atoms with E-state index in [1.165, 1.54) is 32.8 Å². The Labute approximate surface area is 181 Å². The Kier molecular flexibility index (Phi) is 11.6. The molecule has 5 nitrogen and oxygen atoms in total. The minimum absolute atomic E-state index is 0.105. The molecule has 7 heteroatoms. The van der Waals surface area contributed by atoms with Crippen molar-refractivity contribution in [1.82, 2.24) is 0 Å². The molecule has 0 aromatic heterocycles. The molecule has 0 saturated heterocycles. The Bertz CT molecular complexity index is 473. The molecule has 0 radical (unpaired) electrons. The fourth-order valence-corrected chi connectivity index (χ4v) is 6.78. The topological polar surface area (TPSA) is 54.0 Å². The first-order valence-corrected chi connectivity index (χ1v) is 18.2. The summed E-state index contributed by atoms with van der Waals surface area (Å²) < 4.78 is 23.3. The molecule has 0 unspecified atom stereocenters. The maximum Gasteiger partial charge on any atom is 0.305 e. The zero-order valence-corrected chi connectivity index (χ0v) is 22.2. The number of ether oxygens (including phenoxy) is 2. The van der Waals surface area contributed by atoms with E-state index in [4.69, 9.17) is 18.3 Å². The van der Waals surface area contributed by atoms with Gasteiger partial charge in [0.25, 0.3) is 0 Å². The summed E-state index contributed by atoms with van der Waals surface area (Å²) in [6.45, 7) is 14.3. The van der Waals surface area contributed by atoms with Crippen LogP contribution in [0.3, 0.4) is 0 Å². The lowest BCUT2D eigenvalue weighted by Crippen LogP contribution is -2.36. The Balaban J connectivity index is 2.82. The lowest BCUT2D eigenvalue weighted by molar-refractivity contribution is -0.143. The summed E-state index contributed by atoms with van der Waals surface area (Å²) in [5.74, 6) is 0.447. The van der Waals surface area contributed by atoms with Crippen molar-refractivity contribution in [3.8, 4) is 0 Å². The molecular formula is C22H46O5Si2. The van der Waals surface area contributed by atoms with E-state index in [9.17, 15) is 4.79 Å². The largest absolute Gasteiger partial charge is 0.469 e. The molecule has 1 saturated carbocycles. The molecule has 1 fully saturated rings. The van der Waals surface area contributed by atoms with Gasteiger partial charge in [-0.2, -0.15) is 0 Å². The number of rotatable bonds is 14. The first-order chi connectivity index (χ1) is 13.5. The lowest BCUT2D eigenvalue weighted by Gasteiger charge is -2.31. The van der Waals surface area contributed by atoms with Gasteiger partial charge in [-0.1, -0.05) is 25.7 Å². The quantitative estimate of drug-likeness (QED) is 0.197. The van der Waals surface area contributed by atoms with E-state index in [0.29, 0.717) is 12.3 Å². The summed E-state index contributed by atoms with van der Waals surface area (Å²) in [6.07, 6.45) is 8.77. The number of methoxy groups -OCH3 is 2. The highest BCUT2D eigenvalue weighted by atomic mass is 28.4. The molecule has 0 aromatic rings. The van der Waals surface area contributed by atoms with Gasteiger partial charge in [0.15, 0.2) is 16.6 Å². The van der Waals surface area contributed by atoms with E-state index in [1.807, 2.05) is 0 Å². The predicted octanol–water partition coefficient (Wildman–Crippen LogP) is 5.61. The minimum Gasteiger partial charge on any atom is -0.469 e. The highest BCUT2D eigenvalue weighted by molar-refractivity contribution is 6.70. The smallest absolute Gasteiger partial charge is 0.305 e. The summed E-state index contributed by atoms with van der Waals surface area (Å²) in [5, 5.41) is 0. The molecule has 0 N–H and O–H groups in total. The third-order valence-electron chi connectivity index (χ3n) is 5.50. The van der Waals surface area contributed by atoms with Crippen LogP contribution in [-0.4, -0.2) is 55.6 Å². The molecule has 0 spiro atoms. The van der Waals surface area contributed by atoms with Crippen LogP contribution in [0, 0.1) is 11.8 Å². The van der Waals surface area contributed by atoms with Gasteiger partial charge in [0.2, 0.25) is 0 Å². The fourth-order valence-electron chi connectivity index (χ4n) is 4.42. The molecule has 1 rings (SSSR count). The average molecular weight is 447 g/mol. The maximum atomic E-state index is 12.2. The predicted molar refractivity (Wildman–Crippen MR) is 124 cm³/mol. The van der Waals surface area contributed by atoms with E-state index < -0.39 is 16.6 Å². The van der Waals surface area contributed by atoms with Gasteiger partial charge in [0.05, 0.1) is 25.7 Å². The van der Waals surface area contributed by atoms with Crippen molar-refractivity contribution in [2.45, 2.75) is 103 Å². The number of esters is 1. The Morgan fingerprint density at radius 2 is 1.31 bits per heavy atom. The first kappa shape index (κ1) is 26.8. The van der Waals surface area contributed by atoms with E-state index in [2.05, 4.69) is 39.3 Å². The molecule has 0 amide bonds. The number of unbranched alkanes of at least 4 members (excludes halogenated alkanes) is 4. The second-order valence-electron chi connectivity index (χ2n) is 10.4. The van der Waals surface area contributed by atoms with Gasteiger partial charge in [-0.05, 0) is 70.4 Å². The third-order valence-corrected chi connectivity index (χ3v) is 7.52. The fraction of sp³-hybridized carbons (Fsp3) is 0.955. The second kappa shape index (κ2) is 12.6. The summed E-state index contributed by atoms with van der Waals surface area (Å²) in [4.78, 5) is 12.2. The highest BCUT2D eigenvalue weighted by Crippen LogP contribution is 2.43. The Morgan fingerprint density at radius 3 is 1.83 bits per heavy atom. The zero-order valence-electron chi connectivity index (χ0n) is 20.2. The SMILES string of the molecule is COCCCCCCC[C@@H]1[C@@H](CC(=O)OC)[C@H](O[Si](C)(C)C)C[C@H]1O[Si](C)(C)C. The maximum absolute atomic E-state index is 12.2. The standard InChI is InChI=1S/C22H46O5Si2/c1-24-15-13-11-9-10-12-14-18-19(16-22(23)25-2)21(27-29(6,7)8)17-20(18)26-28(3,4)5/h18-21H,9-17H2,1-8H3/t18-,19-,20-,21-/m1/s1. The van der Waals surface area contributed by atoms with E-state index >= 15 is 0 Å². The highest BCUT2D eigenvalue weighted by Gasteiger charge is 2.47. The van der Waals surface area contributed by atoms with Gasteiger partial charge in [-0.25, -0.2) is 0 Å². The lowest BCUT2D eigenvalue weighted by atomic mass is 9.86. The number of hydrogen-bond acceptors (Lipinski definition) is 5. The van der Waals surface area contributed by atoms with Crippen LogP contribution in [0.15, 0.2) is 0 Å². The van der Waals surface area contributed by atoms with Crippen LogP contribution in [-0.2, 0) is 23.1 Å². The molecule has 0 heterocycles. The average Bonchev–Trinajstić information content (AvgIpc) is 2.86. The normalized spacial score (nSPS) is 25.4. The van der Waals surface area contributed by atoms with Gasteiger partial charge in [0, 0.05) is 13.7 Å². The summed E-state index contributed by atoms with van der Waals surface area (Å²) in [5.41, 5.74) is 0. The van der Waals surface area contributed by atoms with Crippen molar-refractivity contribution in [3.63, 3.8) is 0 Å². The monoisotopic (exact) mass is 446 g/mol. The molecule has 1 aliphatic rings. The molecule has 0 aliphatic heterocycles. The molecule has 172 valence electrons. The Morgan fingerprint density at radius 1 is 0.793 bits per heavy atom. The van der Waals surface area contributed by atoms with Crippen LogP contribution >= 0.6 is 0 Å².